The minimum absolute atomic E-state index is 0.525. The molecule has 0 fully saturated rings. The first-order chi connectivity index (χ1) is 8.75. The highest BCUT2D eigenvalue weighted by Crippen LogP contribution is 2.31. The van der Waals surface area contributed by atoms with Gasteiger partial charge in [0.15, 0.2) is 0 Å². The number of rotatable bonds is 1. The van der Waals surface area contributed by atoms with Crippen molar-refractivity contribution in [2.75, 3.05) is 13.6 Å². The van der Waals surface area contributed by atoms with E-state index in [9.17, 15) is 0 Å². The lowest BCUT2D eigenvalue weighted by Gasteiger charge is -2.32. The molecule has 1 aliphatic rings. The molecule has 1 heteroatoms. The molecule has 3 rings (SSSR count). The van der Waals surface area contributed by atoms with Crippen LogP contribution >= 0.6 is 0 Å². The molecule has 1 aliphatic heterocycles. The van der Waals surface area contributed by atoms with Crippen LogP contribution in [0.5, 0.6) is 0 Å². The van der Waals surface area contributed by atoms with Gasteiger partial charge >= 0.3 is 0 Å². The van der Waals surface area contributed by atoms with E-state index in [0.717, 1.165) is 0 Å². The lowest BCUT2D eigenvalue weighted by Crippen LogP contribution is -2.30. The van der Waals surface area contributed by atoms with Crippen molar-refractivity contribution in [2.45, 2.75) is 19.4 Å². The highest BCUT2D eigenvalue weighted by Gasteiger charge is 2.20. The average Bonchev–Trinajstić information content (AvgIpc) is 2.44. The van der Waals surface area contributed by atoms with Gasteiger partial charge in [-0.15, -0.1) is 0 Å². The first-order valence-electron chi connectivity index (χ1n) is 6.64. The van der Waals surface area contributed by atoms with Crippen LogP contribution in [0.1, 0.15) is 24.1 Å². The molecule has 0 spiro atoms. The maximum atomic E-state index is 2.43. The third-order valence-electron chi connectivity index (χ3n) is 4.10. The Morgan fingerprint density at radius 3 is 2.56 bits per heavy atom. The van der Waals surface area contributed by atoms with Crippen molar-refractivity contribution >= 4 is 0 Å². The topological polar surface area (TPSA) is 3.24 Å². The van der Waals surface area contributed by atoms with Crippen molar-refractivity contribution in [3.05, 3.63) is 59.7 Å². The Kier molecular flexibility index (Phi) is 2.92. The average molecular weight is 237 g/mol. The molecule has 0 aromatic heterocycles. The minimum Gasteiger partial charge on any atom is -0.299 e. The predicted molar refractivity (Wildman–Crippen MR) is 76.6 cm³/mol. The van der Waals surface area contributed by atoms with E-state index in [1.165, 1.54) is 35.2 Å². The first-order valence-corrected chi connectivity index (χ1v) is 6.64. The van der Waals surface area contributed by atoms with Gasteiger partial charge < -0.3 is 0 Å². The second kappa shape index (κ2) is 4.58. The minimum atomic E-state index is 0.525. The van der Waals surface area contributed by atoms with E-state index in [0.29, 0.717) is 6.04 Å². The largest absolute Gasteiger partial charge is 0.299 e. The first kappa shape index (κ1) is 11.5. The molecule has 0 saturated heterocycles. The van der Waals surface area contributed by atoms with Crippen LogP contribution in [0.4, 0.5) is 0 Å². The summed E-state index contributed by atoms with van der Waals surface area (Å²) in [5.41, 5.74) is 5.64. The number of benzene rings is 2. The van der Waals surface area contributed by atoms with E-state index >= 15 is 0 Å². The molecule has 92 valence electrons. The van der Waals surface area contributed by atoms with Crippen molar-refractivity contribution in [3.63, 3.8) is 0 Å². The fraction of sp³-hybridized carbons (Fsp3) is 0.294. The maximum absolute atomic E-state index is 2.43. The summed E-state index contributed by atoms with van der Waals surface area (Å²) in [5.74, 6) is 0. The van der Waals surface area contributed by atoms with E-state index in [4.69, 9.17) is 0 Å². The van der Waals surface area contributed by atoms with Crippen LogP contribution in [0.3, 0.4) is 0 Å². The molecule has 0 N–H and O–H groups in total. The Hall–Kier alpha value is -1.60. The summed E-state index contributed by atoms with van der Waals surface area (Å²) in [6.45, 7) is 3.46. The number of hydrogen-bond donors (Lipinski definition) is 0. The highest BCUT2D eigenvalue weighted by atomic mass is 15.1. The molecule has 2 aromatic carbocycles. The molecule has 1 atom stereocenters. The summed E-state index contributed by atoms with van der Waals surface area (Å²) < 4.78 is 0. The Balaban J connectivity index is 2.05. The lowest BCUT2D eigenvalue weighted by molar-refractivity contribution is 0.247. The smallest absolute Gasteiger partial charge is 0.0319 e. The van der Waals surface area contributed by atoms with E-state index in [1.807, 2.05) is 0 Å². The zero-order valence-corrected chi connectivity index (χ0v) is 11.1. The molecule has 1 unspecified atom stereocenters. The van der Waals surface area contributed by atoms with Gasteiger partial charge in [0.25, 0.3) is 0 Å². The fourth-order valence-electron chi connectivity index (χ4n) is 2.75. The molecule has 0 radical (unpaired) electrons. The zero-order valence-electron chi connectivity index (χ0n) is 11.1. The van der Waals surface area contributed by atoms with Gasteiger partial charge in [0.2, 0.25) is 0 Å². The quantitative estimate of drug-likeness (QED) is 0.727. The molecule has 0 aliphatic carbocycles. The number of nitrogens with zero attached hydrogens (tertiary/aromatic N) is 1. The molecule has 0 amide bonds. The predicted octanol–water partition coefficient (Wildman–Crippen LogP) is 3.90. The molecular formula is C17H19N. The number of hydrogen-bond acceptors (Lipinski definition) is 1. The number of fused-ring (bicyclic) bond motifs is 1. The second-order valence-corrected chi connectivity index (χ2v) is 5.19. The van der Waals surface area contributed by atoms with Gasteiger partial charge in [0.1, 0.15) is 0 Å². The molecule has 0 saturated carbocycles. The molecular weight excluding hydrogens is 218 g/mol. The van der Waals surface area contributed by atoms with Crippen molar-refractivity contribution in [2.24, 2.45) is 0 Å². The third kappa shape index (κ3) is 1.95. The van der Waals surface area contributed by atoms with Gasteiger partial charge in [0.05, 0.1) is 0 Å². The van der Waals surface area contributed by atoms with Gasteiger partial charge in [0, 0.05) is 12.6 Å². The van der Waals surface area contributed by atoms with Crippen molar-refractivity contribution < 1.29 is 0 Å². The van der Waals surface area contributed by atoms with E-state index < -0.39 is 0 Å². The Labute approximate surface area is 109 Å². The van der Waals surface area contributed by atoms with Crippen LogP contribution in [0.2, 0.25) is 0 Å². The van der Waals surface area contributed by atoms with Gasteiger partial charge in [-0.05, 0) is 48.7 Å². The van der Waals surface area contributed by atoms with Gasteiger partial charge in [-0.25, -0.2) is 0 Å². The van der Waals surface area contributed by atoms with Crippen LogP contribution < -0.4 is 0 Å². The zero-order chi connectivity index (χ0) is 12.5. The van der Waals surface area contributed by atoms with Crippen LogP contribution in [0.15, 0.2) is 48.5 Å². The van der Waals surface area contributed by atoms with E-state index in [-0.39, 0.29) is 0 Å². The van der Waals surface area contributed by atoms with Crippen LogP contribution in [0.25, 0.3) is 11.1 Å². The van der Waals surface area contributed by atoms with Gasteiger partial charge in [-0.1, -0.05) is 42.5 Å². The van der Waals surface area contributed by atoms with E-state index in [2.05, 4.69) is 67.4 Å². The van der Waals surface area contributed by atoms with Crippen molar-refractivity contribution in [1.29, 1.82) is 0 Å². The fourth-order valence-corrected chi connectivity index (χ4v) is 2.75. The normalized spacial score (nSPS) is 19.6. The Morgan fingerprint density at radius 2 is 1.78 bits per heavy atom. The molecule has 1 nitrogen and oxygen atoms in total. The van der Waals surface area contributed by atoms with Crippen molar-refractivity contribution in [1.82, 2.24) is 4.90 Å². The van der Waals surface area contributed by atoms with Crippen LogP contribution in [0, 0.1) is 0 Å². The van der Waals surface area contributed by atoms with E-state index in [1.54, 1.807) is 0 Å². The summed E-state index contributed by atoms with van der Waals surface area (Å²) in [6, 6.07) is 18.1. The maximum Gasteiger partial charge on any atom is 0.0319 e. The van der Waals surface area contributed by atoms with Gasteiger partial charge in [-0.3, -0.25) is 4.90 Å². The monoisotopic (exact) mass is 237 g/mol. The summed E-state index contributed by atoms with van der Waals surface area (Å²) in [7, 11) is 2.21. The summed E-state index contributed by atoms with van der Waals surface area (Å²) >= 11 is 0. The second-order valence-electron chi connectivity index (χ2n) is 5.19. The third-order valence-corrected chi connectivity index (χ3v) is 4.10. The van der Waals surface area contributed by atoms with Crippen LogP contribution in [-0.4, -0.2) is 18.5 Å². The molecule has 1 heterocycles. The summed E-state index contributed by atoms with van der Waals surface area (Å²) in [5, 5.41) is 0. The number of likely N-dealkylation sites (N-methyl/N-ethyl adjacent to an activating group) is 1. The highest BCUT2D eigenvalue weighted by molar-refractivity contribution is 5.65. The lowest BCUT2D eigenvalue weighted by atomic mass is 9.90. The standard InChI is InChI=1S/C17H19N/c1-13-17-12-16(14-6-4-3-5-7-14)9-8-15(17)10-11-18(13)2/h3-9,12-13H,10-11H2,1-2H3. The molecule has 0 bridgehead atoms. The Morgan fingerprint density at radius 1 is 1.00 bits per heavy atom. The van der Waals surface area contributed by atoms with Crippen LogP contribution in [-0.2, 0) is 6.42 Å². The Bertz CT molecular complexity index is 545. The summed E-state index contributed by atoms with van der Waals surface area (Å²) in [4.78, 5) is 2.43. The molecule has 18 heavy (non-hydrogen) atoms. The molecule has 2 aromatic rings. The SMILES string of the molecule is CC1c2cc(-c3ccccc3)ccc2CCN1C. The van der Waals surface area contributed by atoms with Crippen molar-refractivity contribution in [3.8, 4) is 11.1 Å². The van der Waals surface area contributed by atoms with Gasteiger partial charge in [-0.2, -0.15) is 0 Å². The summed E-state index contributed by atoms with van der Waals surface area (Å²) in [6.07, 6.45) is 1.17.